The molecule has 0 bridgehead atoms. The van der Waals surface area contributed by atoms with Crippen LogP contribution in [0.1, 0.15) is 80.6 Å². The van der Waals surface area contributed by atoms with Gasteiger partial charge in [0.05, 0.1) is 11.6 Å². The molecule has 5 nitrogen and oxygen atoms in total. The van der Waals surface area contributed by atoms with Gasteiger partial charge in [-0.25, -0.2) is 0 Å². The van der Waals surface area contributed by atoms with Gasteiger partial charge in [0.25, 0.3) is 0 Å². The van der Waals surface area contributed by atoms with Crippen LogP contribution in [0.3, 0.4) is 0 Å². The molecule has 160 valence electrons. The van der Waals surface area contributed by atoms with Crippen LogP contribution in [0, 0.1) is 11.3 Å². The van der Waals surface area contributed by atoms with Crippen LogP contribution in [0.5, 0.6) is 5.75 Å². The van der Waals surface area contributed by atoms with Crippen molar-refractivity contribution in [2.24, 2.45) is 28.0 Å². The highest BCUT2D eigenvalue weighted by Crippen LogP contribution is 2.54. The summed E-state index contributed by atoms with van der Waals surface area (Å²) < 4.78 is 5.87. The molecule has 0 aromatic heterocycles. The zero-order valence-corrected chi connectivity index (χ0v) is 18.6. The Bertz CT molecular complexity index is 791. The highest BCUT2D eigenvalue weighted by molar-refractivity contribution is 6.45. The fraction of sp³-hybridized carbons (Fsp3) is 0.636. The van der Waals surface area contributed by atoms with Crippen LogP contribution in [0.25, 0.3) is 0 Å². The number of nitrogens with zero attached hydrogens (tertiary/aromatic N) is 1. The maximum absolute atomic E-state index is 13.6. The molecule has 0 saturated heterocycles. The van der Waals surface area contributed by atoms with Crippen LogP contribution >= 0.6 is 23.2 Å². The first-order chi connectivity index (χ1) is 13.9. The summed E-state index contributed by atoms with van der Waals surface area (Å²) in [6.07, 6.45) is 9.68. The zero-order chi connectivity index (χ0) is 21.0. The van der Waals surface area contributed by atoms with Crippen molar-refractivity contribution >= 4 is 34.8 Å². The van der Waals surface area contributed by atoms with E-state index < -0.39 is 0 Å². The second-order valence-electron chi connectivity index (χ2n) is 8.36. The Morgan fingerprint density at radius 3 is 2.66 bits per heavy atom. The normalized spacial score (nSPS) is 22.3. The standard InChI is InChI=1S/C22H31Cl2N3O2/c1-2-3-10-22(15-7-4-5-8-15)13-14-12-16(29-11-6-9-17(25)27-26)19(23)20(24)18(14)21(22)28/h12,15H,2-11,13,26H2,1H3,(H2,25,27). The monoisotopic (exact) mass is 439 g/mol. The molecule has 1 unspecified atom stereocenters. The molecule has 2 aliphatic carbocycles. The predicted molar refractivity (Wildman–Crippen MR) is 119 cm³/mol. The summed E-state index contributed by atoms with van der Waals surface area (Å²) in [6, 6.07) is 1.92. The Hall–Kier alpha value is -1.46. The number of amidine groups is 1. The smallest absolute Gasteiger partial charge is 0.171 e. The third kappa shape index (κ3) is 4.36. The number of fused-ring (bicyclic) bond motifs is 1. The lowest BCUT2D eigenvalue weighted by atomic mass is 9.68. The minimum atomic E-state index is -0.327. The Balaban J connectivity index is 1.84. The molecule has 1 aromatic rings. The van der Waals surface area contributed by atoms with Gasteiger partial charge in [-0.15, -0.1) is 0 Å². The lowest BCUT2D eigenvalue weighted by Crippen LogP contribution is -2.35. The fourth-order valence-electron chi connectivity index (χ4n) is 5.02. The molecule has 3 rings (SSSR count). The highest BCUT2D eigenvalue weighted by Gasteiger charge is 2.51. The Kier molecular flexibility index (Phi) is 7.33. The minimum absolute atomic E-state index is 0.193. The average Bonchev–Trinajstić information content (AvgIpc) is 3.34. The van der Waals surface area contributed by atoms with Crippen molar-refractivity contribution in [1.29, 1.82) is 0 Å². The van der Waals surface area contributed by atoms with Crippen molar-refractivity contribution in [2.45, 2.75) is 71.1 Å². The number of carbonyl (C=O) groups is 1. The number of hydrogen-bond acceptors (Lipinski definition) is 4. The average molecular weight is 440 g/mol. The van der Waals surface area contributed by atoms with Crippen molar-refractivity contribution in [2.75, 3.05) is 6.61 Å². The van der Waals surface area contributed by atoms with Gasteiger partial charge in [0, 0.05) is 17.4 Å². The number of hydrazone groups is 1. The third-order valence-electron chi connectivity index (χ3n) is 6.55. The molecule has 0 spiro atoms. The highest BCUT2D eigenvalue weighted by atomic mass is 35.5. The molecule has 1 aromatic carbocycles. The molecule has 0 aliphatic heterocycles. The second kappa shape index (κ2) is 9.57. The summed E-state index contributed by atoms with van der Waals surface area (Å²) >= 11 is 13.1. The zero-order valence-electron chi connectivity index (χ0n) is 17.1. The first-order valence-corrected chi connectivity index (χ1v) is 11.4. The maximum atomic E-state index is 13.6. The molecule has 7 heteroatoms. The number of unbranched alkanes of at least 4 members (excludes halogenated alkanes) is 1. The van der Waals surface area contributed by atoms with Gasteiger partial charge in [0.15, 0.2) is 5.78 Å². The van der Waals surface area contributed by atoms with Crippen molar-refractivity contribution in [3.8, 4) is 5.75 Å². The predicted octanol–water partition coefficient (Wildman–Crippen LogP) is 5.49. The minimum Gasteiger partial charge on any atom is -0.492 e. The first kappa shape index (κ1) is 22.2. The molecule has 0 amide bonds. The number of benzene rings is 1. The molecule has 1 saturated carbocycles. The fourth-order valence-corrected chi connectivity index (χ4v) is 5.52. The number of Topliss-reactive ketones (excluding diaryl/α,β-unsaturated/α-hetero) is 1. The van der Waals surface area contributed by atoms with Crippen LogP contribution in [-0.2, 0) is 6.42 Å². The number of rotatable bonds is 9. The van der Waals surface area contributed by atoms with Gasteiger partial charge in [-0.05, 0) is 49.7 Å². The number of hydrogen-bond donors (Lipinski definition) is 2. The van der Waals surface area contributed by atoms with Gasteiger partial charge < -0.3 is 16.3 Å². The largest absolute Gasteiger partial charge is 0.492 e. The number of nitrogens with two attached hydrogens (primary N) is 2. The van der Waals surface area contributed by atoms with E-state index in [1.54, 1.807) is 0 Å². The van der Waals surface area contributed by atoms with Crippen LogP contribution in [0.15, 0.2) is 11.2 Å². The SMILES string of the molecule is CCCCC1(C2CCCC2)Cc2cc(OCCC/C(N)=N/N)c(Cl)c(Cl)c2C1=O. The summed E-state index contributed by atoms with van der Waals surface area (Å²) in [7, 11) is 0. The van der Waals surface area contributed by atoms with E-state index in [-0.39, 0.29) is 11.2 Å². The lowest BCUT2D eigenvalue weighted by molar-refractivity contribution is 0.0671. The van der Waals surface area contributed by atoms with Crippen LogP contribution in [0.4, 0.5) is 0 Å². The quantitative estimate of drug-likeness (QED) is 0.175. The van der Waals surface area contributed by atoms with Crippen LogP contribution in [0.2, 0.25) is 10.0 Å². The van der Waals surface area contributed by atoms with E-state index in [9.17, 15) is 4.79 Å². The summed E-state index contributed by atoms with van der Waals surface area (Å²) in [6.45, 7) is 2.59. The van der Waals surface area contributed by atoms with Gasteiger partial charge >= 0.3 is 0 Å². The lowest BCUT2D eigenvalue weighted by Gasteiger charge is -2.34. The summed E-state index contributed by atoms with van der Waals surface area (Å²) in [5, 5.41) is 4.11. The molecular formula is C22H31Cl2N3O2. The van der Waals surface area contributed by atoms with Crippen molar-refractivity contribution in [3.05, 3.63) is 27.2 Å². The van der Waals surface area contributed by atoms with E-state index in [1.165, 1.54) is 12.8 Å². The van der Waals surface area contributed by atoms with Crippen molar-refractivity contribution in [1.82, 2.24) is 0 Å². The Labute approximate surface area is 183 Å². The molecule has 1 atom stereocenters. The summed E-state index contributed by atoms with van der Waals surface area (Å²) in [4.78, 5) is 13.6. The van der Waals surface area contributed by atoms with Crippen LogP contribution < -0.4 is 16.3 Å². The Morgan fingerprint density at radius 1 is 1.28 bits per heavy atom. The maximum Gasteiger partial charge on any atom is 0.171 e. The third-order valence-corrected chi connectivity index (χ3v) is 7.40. The van der Waals surface area contributed by atoms with Crippen molar-refractivity contribution < 1.29 is 9.53 Å². The van der Waals surface area contributed by atoms with Gasteiger partial charge in [0.2, 0.25) is 0 Å². The van der Waals surface area contributed by atoms with Gasteiger partial charge in [-0.3, -0.25) is 4.79 Å². The summed E-state index contributed by atoms with van der Waals surface area (Å²) in [5.74, 6) is 6.69. The van der Waals surface area contributed by atoms with E-state index in [1.807, 2.05) is 6.07 Å². The van der Waals surface area contributed by atoms with Crippen LogP contribution in [-0.4, -0.2) is 18.2 Å². The van der Waals surface area contributed by atoms with Gasteiger partial charge in [0.1, 0.15) is 16.6 Å². The number of ether oxygens (including phenoxy) is 1. The molecule has 29 heavy (non-hydrogen) atoms. The molecule has 4 N–H and O–H groups in total. The van der Waals surface area contributed by atoms with E-state index in [2.05, 4.69) is 12.0 Å². The molecule has 0 radical (unpaired) electrons. The first-order valence-electron chi connectivity index (χ1n) is 10.6. The molecule has 2 aliphatic rings. The molecule has 0 heterocycles. The Morgan fingerprint density at radius 2 is 2.00 bits per heavy atom. The molecular weight excluding hydrogens is 409 g/mol. The van der Waals surface area contributed by atoms with Crippen molar-refractivity contribution in [3.63, 3.8) is 0 Å². The second-order valence-corrected chi connectivity index (χ2v) is 9.11. The number of halogens is 2. The molecule has 1 fully saturated rings. The number of ketones is 1. The van der Waals surface area contributed by atoms with E-state index in [0.29, 0.717) is 52.6 Å². The summed E-state index contributed by atoms with van der Waals surface area (Å²) in [5.41, 5.74) is 6.88. The number of carbonyl (C=O) groups excluding carboxylic acids is 1. The van der Waals surface area contributed by atoms with E-state index in [4.69, 9.17) is 39.5 Å². The van der Waals surface area contributed by atoms with E-state index in [0.717, 1.165) is 44.1 Å². The topological polar surface area (TPSA) is 90.7 Å². The van der Waals surface area contributed by atoms with Gasteiger partial charge in [-0.2, -0.15) is 5.10 Å². The van der Waals surface area contributed by atoms with Gasteiger partial charge in [-0.1, -0.05) is 55.8 Å². The van der Waals surface area contributed by atoms with E-state index >= 15 is 0 Å².